The van der Waals surface area contributed by atoms with Crippen LogP contribution in [0.5, 0.6) is 5.75 Å². The molecule has 1 aliphatic heterocycles. The predicted molar refractivity (Wildman–Crippen MR) is 109 cm³/mol. The number of benzene rings is 1. The van der Waals surface area contributed by atoms with E-state index in [1.54, 1.807) is 20.8 Å². The molecule has 0 radical (unpaired) electrons. The van der Waals surface area contributed by atoms with Crippen LogP contribution in [0.1, 0.15) is 40.0 Å². The highest BCUT2D eigenvalue weighted by atomic mass is 19.2. The largest absolute Gasteiger partial charge is 0.479 e. The Morgan fingerprint density at radius 3 is 2.15 bits per heavy atom. The Labute approximate surface area is 189 Å². The van der Waals surface area contributed by atoms with Gasteiger partial charge >= 0.3 is 5.97 Å². The van der Waals surface area contributed by atoms with Crippen molar-refractivity contribution in [3.8, 4) is 5.75 Å². The minimum atomic E-state index is -1.80. The van der Waals surface area contributed by atoms with Gasteiger partial charge in [0.05, 0.1) is 6.42 Å². The monoisotopic (exact) mass is 476 g/mol. The molecule has 1 aliphatic rings. The first-order chi connectivity index (χ1) is 15.3. The summed E-state index contributed by atoms with van der Waals surface area (Å²) >= 11 is 0. The number of hydrogen-bond donors (Lipinski definition) is 1. The van der Waals surface area contributed by atoms with E-state index in [0.29, 0.717) is 25.9 Å². The van der Waals surface area contributed by atoms with E-state index in [4.69, 9.17) is 9.47 Å². The summed E-state index contributed by atoms with van der Waals surface area (Å²) in [5, 5.41) is 2.48. The highest BCUT2D eigenvalue weighted by Crippen LogP contribution is 2.26. The molecule has 1 amide bonds. The van der Waals surface area contributed by atoms with Crippen LogP contribution in [0.3, 0.4) is 0 Å². The van der Waals surface area contributed by atoms with E-state index in [1.165, 1.54) is 0 Å². The molecule has 33 heavy (non-hydrogen) atoms. The summed E-state index contributed by atoms with van der Waals surface area (Å²) in [6, 6.07) is -1.41. The number of Topliss-reactive ketones (excluding diaryl/α,β-unsaturated/α-hetero) is 1. The second-order valence-electron chi connectivity index (χ2n) is 8.98. The molecule has 0 spiro atoms. The van der Waals surface area contributed by atoms with Gasteiger partial charge in [-0.15, -0.1) is 0 Å². The number of ether oxygens (including phenoxy) is 2. The molecule has 1 aromatic rings. The van der Waals surface area contributed by atoms with Crippen molar-refractivity contribution in [2.75, 3.05) is 26.7 Å². The molecule has 184 valence electrons. The van der Waals surface area contributed by atoms with Crippen LogP contribution in [-0.4, -0.2) is 60.9 Å². The van der Waals surface area contributed by atoms with E-state index >= 15 is 0 Å². The molecule has 1 atom stereocenters. The lowest BCUT2D eigenvalue weighted by molar-refractivity contribution is -0.156. The molecule has 1 N–H and O–H groups in total. The van der Waals surface area contributed by atoms with E-state index < -0.39 is 71.3 Å². The van der Waals surface area contributed by atoms with Gasteiger partial charge in [0, 0.05) is 12.0 Å². The summed E-state index contributed by atoms with van der Waals surface area (Å²) in [5.41, 5.74) is -0.857. The number of amides is 1. The number of carbonyl (C=O) groups excluding carboxylic acids is 3. The second-order valence-corrected chi connectivity index (χ2v) is 8.98. The zero-order chi connectivity index (χ0) is 24.9. The van der Waals surface area contributed by atoms with Gasteiger partial charge in [-0.2, -0.15) is 8.78 Å². The normalized spacial score (nSPS) is 16.2. The van der Waals surface area contributed by atoms with E-state index in [9.17, 15) is 31.9 Å². The fourth-order valence-electron chi connectivity index (χ4n) is 3.28. The van der Waals surface area contributed by atoms with Crippen molar-refractivity contribution >= 4 is 17.7 Å². The van der Waals surface area contributed by atoms with Gasteiger partial charge in [-0.05, 0) is 53.8 Å². The number of nitrogens with one attached hydrogen (secondary N) is 1. The number of hydrogen-bond acceptors (Lipinski definition) is 6. The predicted octanol–water partition coefficient (Wildman–Crippen LogP) is 2.75. The summed E-state index contributed by atoms with van der Waals surface area (Å²) in [5.74, 6) is -11.0. The highest BCUT2D eigenvalue weighted by Gasteiger charge is 2.31. The van der Waals surface area contributed by atoms with E-state index in [2.05, 4.69) is 5.32 Å². The number of rotatable bonds is 8. The zero-order valence-corrected chi connectivity index (χ0v) is 19.0. The molecule has 1 unspecified atom stereocenters. The minimum Gasteiger partial charge on any atom is -0.479 e. The van der Waals surface area contributed by atoms with Crippen LogP contribution in [0.15, 0.2) is 6.07 Å². The van der Waals surface area contributed by atoms with Gasteiger partial charge in [0.25, 0.3) is 0 Å². The van der Waals surface area contributed by atoms with Crippen LogP contribution in [0, 0.1) is 29.2 Å². The maximum Gasteiger partial charge on any atom is 0.308 e. The van der Waals surface area contributed by atoms with Crippen molar-refractivity contribution in [2.24, 2.45) is 5.92 Å². The van der Waals surface area contributed by atoms with Gasteiger partial charge in [0.15, 0.2) is 23.2 Å². The van der Waals surface area contributed by atoms with E-state index in [0.717, 1.165) is 0 Å². The van der Waals surface area contributed by atoms with Gasteiger partial charge in [0.1, 0.15) is 18.2 Å². The van der Waals surface area contributed by atoms with Crippen molar-refractivity contribution in [3.05, 3.63) is 29.3 Å². The van der Waals surface area contributed by atoms with Crippen LogP contribution in [0.25, 0.3) is 0 Å². The van der Waals surface area contributed by atoms with Crippen molar-refractivity contribution in [1.82, 2.24) is 10.2 Å². The van der Waals surface area contributed by atoms with Gasteiger partial charge in [-0.25, -0.2) is 8.78 Å². The number of nitrogens with zero attached hydrogens (tertiary/aromatic N) is 1. The number of halogens is 4. The molecule has 2 rings (SSSR count). The number of ketones is 1. The first kappa shape index (κ1) is 26.6. The lowest BCUT2D eigenvalue weighted by Gasteiger charge is -2.29. The van der Waals surface area contributed by atoms with Gasteiger partial charge in [0.2, 0.25) is 17.5 Å². The summed E-state index contributed by atoms with van der Waals surface area (Å²) in [4.78, 5) is 39.7. The maximum absolute atomic E-state index is 13.8. The Morgan fingerprint density at radius 2 is 1.64 bits per heavy atom. The molecule has 0 saturated carbocycles. The SMILES string of the molecule is CN1CCC(C(=O)NC(CC(=O)OC(C)(C)C)C(=O)COc2c(F)c(F)cc(F)c2F)CC1. The lowest BCUT2D eigenvalue weighted by atomic mass is 9.95. The molecule has 1 saturated heterocycles. The molecule has 11 heteroatoms. The average molecular weight is 476 g/mol. The summed E-state index contributed by atoms with van der Waals surface area (Å²) in [6.45, 7) is 5.16. The molecule has 0 aromatic heterocycles. The molecular weight excluding hydrogens is 448 g/mol. The van der Waals surface area contributed by atoms with Crippen LogP contribution >= 0.6 is 0 Å². The molecule has 0 aliphatic carbocycles. The van der Waals surface area contributed by atoms with Gasteiger partial charge < -0.3 is 19.7 Å². The number of likely N-dealkylation sites (tertiary alicyclic amines) is 1. The van der Waals surface area contributed by atoms with E-state index in [-0.39, 0.29) is 12.0 Å². The van der Waals surface area contributed by atoms with Crippen molar-refractivity contribution in [2.45, 2.75) is 51.7 Å². The fraction of sp³-hybridized carbons (Fsp3) is 0.591. The standard InChI is InChI=1S/C22H28F4N2O5/c1-22(2,3)33-17(30)10-15(27-21(31)12-5-7-28(4)8-6-12)16(29)11-32-20-18(25)13(23)9-14(24)19(20)26/h9,12,15H,5-8,10-11H2,1-4H3,(H,27,31). The van der Waals surface area contributed by atoms with Crippen molar-refractivity contribution in [1.29, 1.82) is 0 Å². The average Bonchev–Trinajstić information content (AvgIpc) is 2.70. The smallest absolute Gasteiger partial charge is 0.308 e. The molecule has 1 heterocycles. The lowest BCUT2D eigenvalue weighted by Crippen LogP contribution is -2.48. The van der Waals surface area contributed by atoms with E-state index in [1.807, 2.05) is 11.9 Å². The zero-order valence-electron chi connectivity index (χ0n) is 19.0. The Bertz CT molecular complexity index is 870. The third kappa shape index (κ3) is 7.69. The highest BCUT2D eigenvalue weighted by molar-refractivity contribution is 5.93. The molecule has 1 aromatic carbocycles. The van der Waals surface area contributed by atoms with Gasteiger partial charge in [-0.1, -0.05) is 0 Å². The number of carbonyl (C=O) groups is 3. The van der Waals surface area contributed by atoms with Crippen molar-refractivity contribution < 1.29 is 41.4 Å². The number of piperidine rings is 1. The third-order valence-corrected chi connectivity index (χ3v) is 5.02. The Balaban J connectivity index is 2.14. The Kier molecular flexibility index (Phi) is 8.82. The first-order valence-corrected chi connectivity index (χ1v) is 10.5. The Morgan fingerprint density at radius 1 is 1.09 bits per heavy atom. The minimum absolute atomic E-state index is 0.00643. The Hall–Kier alpha value is -2.69. The van der Waals surface area contributed by atoms with Crippen LogP contribution < -0.4 is 10.1 Å². The third-order valence-electron chi connectivity index (χ3n) is 5.02. The quantitative estimate of drug-likeness (QED) is 0.353. The molecule has 7 nitrogen and oxygen atoms in total. The molecule has 0 bridgehead atoms. The molecule has 1 fully saturated rings. The maximum atomic E-state index is 13.8. The fourth-order valence-corrected chi connectivity index (χ4v) is 3.28. The van der Waals surface area contributed by atoms with Crippen LogP contribution in [0.4, 0.5) is 17.6 Å². The topological polar surface area (TPSA) is 84.9 Å². The summed E-state index contributed by atoms with van der Waals surface area (Å²) in [6.07, 6.45) is 0.538. The summed E-state index contributed by atoms with van der Waals surface area (Å²) in [7, 11) is 1.91. The second kappa shape index (κ2) is 11.0. The number of esters is 1. The van der Waals surface area contributed by atoms with Crippen molar-refractivity contribution in [3.63, 3.8) is 0 Å². The van der Waals surface area contributed by atoms with Crippen LogP contribution in [-0.2, 0) is 19.1 Å². The van der Waals surface area contributed by atoms with Gasteiger partial charge in [-0.3, -0.25) is 14.4 Å². The first-order valence-electron chi connectivity index (χ1n) is 10.5. The van der Waals surface area contributed by atoms with Crippen LogP contribution in [0.2, 0.25) is 0 Å². The molecular formula is C22H28F4N2O5. The summed E-state index contributed by atoms with van der Waals surface area (Å²) < 4.78 is 64.2.